The molecule has 0 aliphatic rings. The van der Waals surface area contributed by atoms with Gasteiger partial charge in [0.15, 0.2) is 0 Å². The third-order valence-corrected chi connectivity index (χ3v) is 3.60. The fourth-order valence-corrected chi connectivity index (χ4v) is 1.91. The second-order valence-electron chi connectivity index (χ2n) is 6.36. The van der Waals surface area contributed by atoms with Crippen LogP contribution >= 0.6 is 11.6 Å². The SMILES string of the molecule is CC(C)(CN)CNCC(C)(C)c1ccc(Cl)cc1. The van der Waals surface area contributed by atoms with Crippen molar-refractivity contribution in [3.63, 3.8) is 0 Å². The number of rotatable bonds is 6. The number of hydrogen-bond acceptors (Lipinski definition) is 2. The molecule has 0 fully saturated rings. The van der Waals surface area contributed by atoms with Crippen LogP contribution in [0.1, 0.15) is 33.3 Å². The van der Waals surface area contributed by atoms with E-state index in [0.717, 1.165) is 18.1 Å². The van der Waals surface area contributed by atoms with Gasteiger partial charge in [0.2, 0.25) is 0 Å². The van der Waals surface area contributed by atoms with E-state index in [-0.39, 0.29) is 10.8 Å². The number of nitrogens with two attached hydrogens (primary N) is 1. The lowest BCUT2D eigenvalue weighted by molar-refractivity contribution is 0.332. The van der Waals surface area contributed by atoms with Crippen LogP contribution in [0.2, 0.25) is 5.02 Å². The first-order chi connectivity index (χ1) is 8.27. The minimum absolute atomic E-state index is 0.0925. The molecule has 102 valence electrons. The van der Waals surface area contributed by atoms with E-state index >= 15 is 0 Å². The average molecular weight is 269 g/mol. The first-order valence-electron chi connectivity index (χ1n) is 6.44. The summed E-state index contributed by atoms with van der Waals surface area (Å²) in [6, 6.07) is 8.08. The van der Waals surface area contributed by atoms with Crippen LogP contribution in [0.5, 0.6) is 0 Å². The zero-order valence-electron chi connectivity index (χ0n) is 11.9. The van der Waals surface area contributed by atoms with Crippen LogP contribution in [0.4, 0.5) is 0 Å². The van der Waals surface area contributed by atoms with Gasteiger partial charge in [0.05, 0.1) is 0 Å². The van der Waals surface area contributed by atoms with Crippen LogP contribution in [-0.2, 0) is 5.41 Å². The van der Waals surface area contributed by atoms with E-state index in [4.69, 9.17) is 17.3 Å². The molecule has 0 radical (unpaired) electrons. The molecule has 0 amide bonds. The van der Waals surface area contributed by atoms with Gasteiger partial charge in [0.1, 0.15) is 0 Å². The molecule has 3 N–H and O–H groups in total. The summed E-state index contributed by atoms with van der Waals surface area (Å²) in [5.74, 6) is 0. The molecule has 1 aromatic carbocycles. The largest absolute Gasteiger partial charge is 0.330 e. The van der Waals surface area contributed by atoms with Crippen LogP contribution in [0.15, 0.2) is 24.3 Å². The summed E-state index contributed by atoms with van der Waals surface area (Å²) in [5, 5.41) is 4.30. The Labute approximate surface area is 116 Å². The molecule has 0 bridgehead atoms. The van der Waals surface area contributed by atoms with E-state index in [2.05, 4.69) is 45.1 Å². The van der Waals surface area contributed by atoms with Gasteiger partial charge in [-0.25, -0.2) is 0 Å². The van der Waals surface area contributed by atoms with E-state index in [1.807, 2.05) is 12.1 Å². The second-order valence-corrected chi connectivity index (χ2v) is 6.80. The van der Waals surface area contributed by atoms with Crippen LogP contribution < -0.4 is 11.1 Å². The molecule has 0 unspecified atom stereocenters. The summed E-state index contributed by atoms with van der Waals surface area (Å²) in [7, 11) is 0. The number of hydrogen-bond donors (Lipinski definition) is 2. The highest BCUT2D eigenvalue weighted by Gasteiger charge is 2.22. The maximum Gasteiger partial charge on any atom is 0.0406 e. The van der Waals surface area contributed by atoms with Crippen molar-refractivity contribution in [2.45, 2.75) is 33.1 Å². The van der Waals surface area contributed by atoms with E-state index in [1.165, 1.54) is 5.56 Å². The lowest BCUT2D eigenvalue weighted by atomic mass is 9.84. The van der Waals surface area contributed by atoms with Gasteiger partial charge in [-0.05, 0) is 29.7 Å². The highest BCUT2D eigenvalue weighted by Crippen LogP contribution is 2.24. The molecule has 0 aliphatic heterocycles. The van der Waals surface area contributed by atoms with Crippen molar-refractivity contribution < 1.29 is 0 Å². The summed E-state index contributed by atoms with van der Waals surface area (Å²) < 4.78 is 0. The maximum atomic E-state index is 5.92. The molecule has 0 atom stereocenters. The Kier molecular flexibility index (Phi) is 5.20. The quantitative estimate of drug-likeness (QED) is 0.832. The highest BCUT2D eigenvalue weighted by atomic mass is 35.5. The van der Waals surface area contributed by atoms with Gasteiger partial charge in [-0.2, -0.15) is 0 Å². The third kappa shape index (κ3) is 4.60. The van der Waals surface area contributed by atoms with Crippen LogP contribution in [-0.4, -0.2) is 19.6 Å². The van der Waals surface area contributed by atoms with Crippen molar-refractivity contribution in [1.29, 1.82) is 0 Å². The van der Waals surface area contributed by atoms with Gasteiger partial charge >= 0.3 is 0 Å². The van der Waals surface area contributed by atoms with Gasteiger partial charge < -0.3 is 11.1 Å². The first-order valence-corrected chi connectivity index (χ1v) is 6.81. The molecule has 0 saturated heterocycles. The zero-order valence-corrected chi connectivity index (χ0v) is 12.6. The van der Waals surface area contributed by atoms with Gasteiger partial charge in [-0.1, -0.05) is 51.4 Å². The first kappa shape index (κ1) is 15.5. The Bertz CT molecular complexity index is 369. The molecule has 0 aromatic heterocycles. The monoisotopic (exact) mass is 268 g/mol. The summed E-state index contributed by atoms with van der Waals surface area (Å²) in [5.41, 5.74) is 7.27. The minimum Gasteiger partial charge on any atom is -0.330 e. The Morgan fingerprint density at radius 3 is 2.11 bits per heavy atom. The van der Waals surface area contributed by atoms with Gasteiger partial charge in [-0.3, -0.25) is 0 Å². The fraction of sp³-hybridized carbons (Fsp3) is 0.600. The Morgan fingerprint density at radius 2 is 1.61 bits per heavy atom. The summed E-state index contributed by atoms with van der Waals surface area (Å²) in [6.07, 6.45) is 0. The molecule has 2 nitrogen and oxygen atoms in total. The van der Waals surface area contributed by atoms with Crippen molar-refractivity contribution >= 4 is 11.6 Å². The van der Waals surface area contributed by atoms with Crippen LogP contribution in [0, 0.1) is 5.41 Å². The van der Waals surface area contributed by atoms with Crippen molar-refractivity contribution in [3.05, 3.63) is 34.9 Å². The molecular weight excluding hydrogens is 244 g/mol. The molecule has 0 saturated carbocycles. The molecule has 1 rings (SSSR count). The number of halogens is 1. The van der Waals surface area contributed by atoms with Crippen LogP contribution in [0.3, 0.4) is 0 Å². The topological polar surface area (TPSA) is 38.0 Å². The zero-order chi connectivity index (χ0) is 13.8. The maximum absolute atomic E-state index is 5.92. The normalized spacial score (nSPS) is 12.8. The Hall–Kier alpha value is -0.570. The summed E-state index contributed by atoms with van der Waals surface area (Å²) in [4.78, 5) is 0. The summed E-state index contributed by atoms with van der Waals surface area (Å²) in [6.45, 7) is 11.4. The summed E-state index contributed by atoms with van der Waals surface area (Å²) >= 11 is 5.92. The Balaban J connectivity index is 2.57. The lowest BCUT2D eigenvalue weighted by Crippen LogP contribution is -2.40. The predicted molar refractivity (Wildman–Crippen MR) is 80.2 cm³/mol. The van der Waals surface area contributed by atoms with Crippen molar-refractivity contribution in [3.8, 4) is 0 Å². The van der Waals surface area contributed by atoms with Crippen molar-refractivity contribution in [1.82, 2.24) is 5.32 Å². The number of benzene rings is 1. The van der Waals surface area contributed by atoms with Gasteiger partial charge in [0, 0.05) is 23.5 Å². The Morgan fingerprint density at radius 1 is 1.06 bits per heavy atom. The smallest absolute Gasteiger partial charge is 0.0406 e. The van der Waals surface area contributed by atoms with E-state index < -0.39 is 0 Å². The molecular formula is C15H25ClN2. The van der Waals surface area contributed by atoms with Gasteiger partial charge in [0.25, 0.3) is 0 Å². The van der Waals surface area contributed by atoms with E-state index in [9.17, 15) is 0 Å². The van der Waals surface area contributed by atoms with E-state index in [0.29, 0.717) is 6.54 Å². The molecule has 0 aliphatic carbocycles. The fourth-order valence-electron chi connectivity index (χ4n) is 1.79. The standard InChI is InChI=1S/C15H25ClN2/c1-14(2,9-17)10-18-11-15(3,4)12-5-7-13(16)8-6-12/h5-8,18H,9-11,17H2,1-4H3. The minimum atomic E-state index is 0.0925. The average Bonchev–Trinajstić information content (AvgIpc) is 2.29. The molecule has 0 heterocycles. The third-order valence-electron chi connectivity index (χ3n) is 3.35. The van der Waals surface area contributed by atoms with Crippen LogP contribution in [0.25, 0.3) is 0 Å². The molecule has 18 heavy (non-hydrogen) atoms. The number of nitrogens with one attached hydrogen (secondary N) is 1. The van der Waals surface area contributed by atoms with Crippen molar-refractivity contribution in [2.75, 3.05) is 19.6 Å². The molecule has 0 spiro atoms. The predicted octanol–water partition coefficient (Wildman–Crippen LogP) is 3.19. The lowest BCUT2D eigenvalue weighted by Gasteiger charge is -2.29. The highest BCUT2D eigenvalue weighted by molar-refractivity contribution is 6.30. The van der Waals surface area contributed by atoms with Gasteiger partial charge in [-0.15, -0.1) is 0 Å². The molecule has 1 aromatic rings. The van der Waals surface area contributed by atoms with E-state index in [1.54, 1.807) is 0 Å². The second kappa shape index (κ2) is 6.05. The van der Waals surface area contributed by atoms with Crippen molar-refractivity contribution in [2.24, 2.45) is 11.1 Å². The molecule has 3 heteroatoms.